The van der Waals surface area contributed by atoms with E-state index in [4.69, 9.17) is 9.47 Å². The van der Waals surface area contributed by atoms with Crippen molar-refractivity contribution in [3.63, 3.8) is 0 Å². The summed E-state index contributed by atoms with van der Waals surface area (Å²) in [5.41, 5.74) is 4.39. The number of fused-ring (bicyclic) bond motifs is 2. The minimum atomic E-state index is -0.370. The second kappa shape index (κ2) is 10.6. The van der Waals surface area contributed by atoms with Crippen LogP contribution in [0.15, 0.2) is 78.9 Å². The Morgan fingerprint density at radius 1 is 1.08 bits per heavy atom. The summed E-state index contributed by atoms with van der Waals surface area (Å²) in [7, 11) is 1.39. The molecule has 0 aromatic heterocycles. The van der Waals surface area contributed by atoms with Crippen molar-refractivity contribution in [2.45, 2.75) is 45.1 Å². The Morgan fingerprint density at radius 2 is 1.89 bits per heavy atom. The third kappa shape index (κ3) is 5.17. The number of ether oxygens (including phenoxy) is 2. The molecule has 4 nitrogen and oxygen atoms in total. The highest BCUT2D eigenvalue weighted by molar-refractivity contribution is 5.92. The maximum Gasteiger partial charge on any atom is 0.338 e. The Labute approximate surface area is 217 Å². The van der Waals surface area contributed by atoms with Crippen molar-refractivity contribution in [1.29, 1.82) is 0 Å². The topological polar surface area (TPSA) is 38.8 Å². The molecule has 0 fully saturated rings. The lowest BCUT2D eigenvalue weighted by Crippen LogP contribution is -2.37. The standard InChI is InChI=1S/C32H32FNO3/c1-21(27-13-7-10-23-9-4-5-12-28(23)27)8-6-11-26-20-34(30-17-15-24(33)18-31(30)37-26)25-16-14-22(2)29(19-25)32(35)36-3/h4-5,7,9-10,12-19,21,26H,6,8,11,20H2,1-3H3/t21-,26?/m0/s1. The van der Waals surface area contributed by atoms with Gasteiger partial charge in [0.2, 0.25) is 0 Å². The first-order chi connectivity index (χ1) is 17.9. The molecule has 1 aliphatic rings. The Balaban J connectivity index is 1.34. The van der Waals surface area contributed by atoms with E-state index in [-0.39, 0.29) is 17.9 Å². The lowest BCUT2D eigenvalue weighted by Gasteiger charge is -2.37. The number of hydrogen-bond donors (Lipinski definition) is 0. The van der Waals surface area contributed by atoms with E-state index in [1.165, 1.54) is 35.6 Å². The van der Waals surface area contributed by atoms with Gasteiger partial charge in [-0.2, -0.15) is 0 Å². The number of hydrogen-bond acceptors (Lipinski definition) is 4. The predicted octanol–water partition coefficient (Wildman–Crippen LogP) is 7.95. The molecule has 2 atom stereocenters. The van der Waals surface area contributed by atoms with Crippen molar-refractivity contribution in [1.82, 2.24) is 0 Å². The highest BCUT2D eigenvalue weighted by Crippen LogP contribution is 2.40. The van der Waals surface area contributed by atoms with Gasteiger partial charge < -0.3 is 14.4 Å². The van der Waals surface area contributed by atoms with Gasteiger partial charge in [0.15, 0.2) is 0 Å². The number of methoxy groups -OCH3 is 1. The summed E-state index contributed by atoms with van der Waals surface area (Å²) >= 11 is 0. The minimum Gasteiger partial charge on any atom is -0.486 e. The summed E-state index contributed by atoms with van der Waals surface area (Å²) in [6.45, 7) is 4.78. The van der Waals surface area contributed by atoms with Gasteiger partial charge in [-0.1, -0.05) is 55.5 Å². The van der Waals surface area contributed by atoms with Crippen LogP contribution in [0.4, 0.5) is 15.8 Å². The first-order valence-electron chi connectivity index (χ1n) is 12.8. The summed E-state index contributed by atoms with van der Waals surface area (Å²) in [5.74, 6) is 0.239. The van der Waals surface area contributed by atoms with Crippen molar-refractivity contribution in [3.8, 4) is 5.75 Å². The van der Waals surface area contributed by atoms with Gasteiger partial charge in [0.05, 0.1) is 24.9 Å². The molecule has 0 saturated heterocycles. The van der Waals surface area contributed by atoms with E-state index in [1.54, 1.807) is 6.07 Å². The van der Waals surface area contributed by atoms with Gasteiger partial charge in [-0.25, -0.2) is 9.18 Å². The molecule has 190 valence electrons. The van der Waals surface area contributed by atoms with Gasteiger partial charge in [-0.05, 0) is 78.3 Å². The van der Waals surface area contributed by atoms with Crippen LogP contribution >= 0.6 is 0 Å². The summed E-state index contributed by atoms with van der Waals surface area (Å²) < 4.78 is 25.4. The number of benzene rings is 4. The number of esters is 1. The van der Waals surface area contributed by atoms with Crippen molar-refractivity contribution >= 4 is 28.1 Å². The summed E-state index contributed by atoms with van der Waals surface area (Å²) in [5, 5.41) is 2.57. The Kier molecular flexibility index (Phi) is 7.13. The molecule has 0 saturated carbocycles. The second-order valence-electron chi connectivity index (χ2n) is 9.85. The molecule has 5 heteroatoms. The van der Waals surface area contributed by atoms with Crippen LogP contribution in [0.1, 0.15) is 53.6 Å². The summed E-state index contributed by atoms with van der Waals surface area (Å²) in [6.07, 6.45) is 2.75. The molecule has 0 N–H and O–H groups in total. The third-order valence-corrected chi connectivity index (χ3v) is 7.35. The molecule has 5 rings (SSSR count). The molecule has 4 aromatic rings. The van der Waals surface area contributed by atoms with E-state index in [0.29, 0.717) is 23.8 Å². The number of anilines is 2. The Bertz CT molecular complexity index is 1430. The second-order valence-corrected chi connectivity index (χ2v) is 9.85. The zero-order valence-corrected chi connectivity index (χ0v) is 21.5. The Morgan fingerprint density at radius 3 is 2.73 bits per heavy atom. The number of rotatable bonds is 7. The molecular formula is C32H32FNO3. The molecule has 1 heterocycles. The average molecular weight is 498 g/mol. The van der Waals surface area contributed by atoms with E-state index < -0.39 is 0 Å². The molecule has 1 unspecified atom stereocenters. The fraction of sp³-hybridized carbons (Fsp3) is 0.281. The number of aryl methyl sites for hydroxylation is 1. The SMILES string of the molecule is COC(=O)c1cc(N2CC(CCC[C@H](C)c3cccc4ccccc34)Oc3cc(F)ccc32)ccc1C. The lowest BCUT2D eigenvalue weighted by molar-refractivity contribution is 0.0600. The highest BCUT2D eigenvalue weighted by Gasteiger charge is 2.28. The number of nitrogens with zero attached hydrogens (tertiary/aromatic N) is 1. The first kappa shape index (κ1) is 24.8. The maximum absolute atomic E-state index is 14.1. The number of halogens is 1. The largest absolute Gasteiger partial charge is 0.486 e. The zero-order valence-electron chi connectivity index (χ0n) is 21.5. The van der Waals surface area contributed by atoms with E-state index >= 15 is 0 Å². The van der Waals surface area contributed by atoms with Crippen LogP contribution in [-0.4, -0.2) is 25.7 Å². The third-order valence-electron chi connectivity index (χ3n) is 7.35. The van der Waals surface area contributed by atoms with Gasteiger partial charge >= 0.3 is 5.97 Å². The molecular weight excluding hydrogens is 465 g/mol. The van der Waals surface area contributed by atoms with Crippen LogP contribution in [0.3, 0.4) is 0 Å². The minimum absolute atomic E-state index is 0.100. The van der Waals surface area contributed by atoms with Crippen LogP contribution in [0.2, 0.25) is 0 Å². The van der Waals surface area contributed by atoms with E-state index in [9.17, 15) is 9.18 Å². The van der Waals surface area contributed by atoms with E-state index in [1.807, 2.05) is 25.1 Å². The van der Waals surface area contributed by atoms with Crippen LogP contribution < -0.4 is 9.64 Å². The molecule has 4 aromatic carbocycles. The Hall–Kier alpha value is -3.86. The van der Waals surface area contributed by atoms with Crippen molar-refractivity contribution in [2.24, 2.45) is 0 Å². The lowest BCUT2D eigenvalue weighted by atomic mass is 9.90. The van der Waals surface area contributed by atoms with Gasteiger partial charge in [0.25, 0.3) is 0 Å². The van der Waals surface area contributed by atoms with Gasteiger partial charge in [0.1, 0.15) is 17.7 Å². The quantitative estimate of drug-likeness (QED) is 0.243. The molecule has 1 aliphatic heterocycles. The first-order valence-corrected chi connectivity index (χ1v) is 12.8. The summed E-state index contributed by atoms with van der Waals surface area (Å²) in [4.78, 5) is 14.4. The van der Waals surface area contributed by atoms with E-state index in [2.05, 4.69) is 54.3 Å². The number of carbonyl (C=O) groups is 1. The molecule has 0 radical (unpaired) electrons. The highest BCUT2D eigenvalue weighted by atomic mass is 19.1. The van der Waals surface area contributed by atoms with E-state index in [0.717, 1.165) is 36.2 Å². The van der Waals surface area contributed by atoms with Crippen LogP contribution in [0, 0.1) is 12.7 Å². The maximum atomic E-state index is 14.1. The van der Waals surface area contributed by atoms with Gasteiger partial charge in [-0.3, -0.25) is 0 Å². The molecule has 0 aliphatic carbocycles. The fourth-order valence-electron chi connectivity index (χ4n) is 5.31. The smallest absolute Gasteiger partial charge is 0.338 e. The monoisotopic (exact) mass is 497 g/mol. The molecule has 0 amide bonds. The fourth-order valence-corrected chi connectivity index (χ4v) is 5.31. The molecule has 0 bridgehead atoms. The van der Waals surface area contributed by atoms with Crippen molar-refractivity contribution in [2.75, 3.05) is 18.6 Å². The molecule has 0 spiro atoms. The normalized spacial score (nSPS) is 15.7. The van der Waals surface area contributed by atoms with Gasteiger partial charge in [0, 0.05) is 11.8 Å². The van der Waals surface area contributed by atoms with Gasteiger partial charge in [-0.15, -0.1) is 0 Å². The van der Waals surface area contributed by atoms with Crippen molar-refractivity contribution in [3.05, 3.63) is 101 Å². The number of carbonyl (C=O) groups excluding carboxylic acids is 1. The van der Waals surface area contributed by atoms with Crippen LogP contribution in [0.5, 0.6) is 5.75 Å². The average Bonchev–Trinajstić information content (AvgIpc) is 2.92. The predicted molar refractivity (Wildman–Crippen MR) is 147 cm³/mol. The zero-order chi connectivity index (χ0) is 25.9. The molecule has 37 heavy (non-hydrogen) atoms. The van der Waals surface area contributed by atoms with Crippen LogP contribution in [0.25, 0.3) is 10.8 Å². The van der Waals surface area contributed by atoms with Crippen LogP contribution in [-0.2, 0) is 4.74 Å². The van der Waals surface area contributed by atoms with Crippen molar-refractivity contribution < 1.29 is 18.7 Å². The summed E-state index contributed by atoms with van der Waals surface area (Å²) in [6, 6.07) is 25.4.